The van der Waals surface area contributed by atoms with Gasteiger partial charge in [-0.25, -0.2) is 0 Å². The van der Waals surface area contributed by atoms with Gasteiger partial charge in [0.1, 0.15) is 11.9 Å². The number of hydrogen-bond acceptors (Lipinski definition) is 4. The van der Waals surface area contributed by atoms with Crippen molar-refractivity contribution in [2.45, 2.75) is 38.8 Å². The number of anilines is 1. The maximum atomic E-state index is 8.99. The number of aliphatic hydroxyl groups excluding tert-OH is 1. The highest BCUT2D eigenvalue weighted by molar-refractivity contribution is 5.59. The Balaban J connectivity index is 2.01. The van der Waals surface area contributed by atoms with Crippen LogP contribution in [0.3, 0.4) is 0 Å². The van der Waals surface area contributed by atoms with E-state index < -0.39 is 0 Å². The third-order valence-corrected chi connectivity index (χ3v) is 4.05. The van der Waals surface area contributed by atoms with Gasteiger partial charge in [-0.3, -0.25) is 0 Å². The van der Waals surface area contributed by atoms with Crippen LogP contribution in [0.4, 0.5) is 5.69 Å². The summed E-state index contributed by atoms with van der Waals surface area (Å²) in [7, 11) is 2.05. The molecule has 1 aliphatic heterocycles. The molecule has 0 fully saturated rings. The molecule has 0 saturated heterocycles. The van der Waals surface area contributed by atoms with Gasteiger partial charge < -0.3 is 20.1 Å². The number of rotatable bonds is 6. The van der Waals surface area contributed by atoms with E-state index in [4.69, 9.17) is 9.84 Å². The second kappa shape index (κ2) is 6.95. The zero-order valence-corrected chi connectivity index (χ0v) is 12.7. The topological polar surface area (TPSA) is 44.7 Å². The Labute approximate surface area is 121 Å². The van der Waals surface area contributed by atoms with Crippen molar-refractivity contribution in [1.29, 1.82) is 0 Å². The summed E-state index contributed by atoms with van der Waals surface area (Å²) in [6.45, 7) is 6.13. The Kier molecular flexibility index (Phi) is 5.26. The first-order chi connectivity index (χ1) is 9.63. The number of fused-ring (bicyclic) bond motifs is 1. The smallest absolute Gasteiger partial charge is 0.142 e. The molecule has 0 bridgehead atoms. The summed E-state index contributed by atoms with van der Waals surface area (Å²) in [6.07, 6.45) is 2.28. The number of aliphatic hydroxyl groups is 1. The van der Waals surface area contributed by atoms with E-state index in [9.17, 15) is 0 Å². The zero-order valence-electron chi connectivity index (χ0n) is 12.7. The van der Waals surface area contributed by atoms with Gasteiger partial charge in [0.25, 0.3) is 0 Å². The normalized spacial score (nSPS) is 19.1. The van der Waals surface area contributed by atoms with Crippen LogP contribution in [0.5, 0.6) is 5.75 Å². The quantitative estimate of drug-likeness (QED) is 0.836. The minimum Gasteiger partial charge on any atom is -0.486 e. The highest BCUT2D eigenvalue weighted by Crippen LogP contribution is 2.31. The summed E-state index contributed by atoms with van der Waals surface area (Å²) < 4.78 is 5.92. The van der Waals surface area contributed by atoms with Gasteiger partial charge in [0.15, 0.2) is 0 Å². The molecule has 0 amide bonds. The van der Waals surface area contributed by atoms with Crippen LogP contribution < -0.4 is 10.1 Å². The lowest BCUT2D eigenvalue weighted by Crippen LogP contribution is -2.33. The van der Waals surface area contributed by atoms with Gasteiger partial charge in [-0.15, -0.1) is 0 Å². The van der Waals surface area contributed by atoms with Gasteiger partial charge in [0.05, 0.1) is 18.8 Å². The number of ether oxygens (including phenoxy) is 1. The molecule has 4 nitrogen and oxygen atoms in total. The molecule has 0 radical (unpaired) electrons. The first-order valence-electron chi connectivity index (χ1n) is 7.48. The van der Waals surface area contributed by atoms with E-state index >= 15 is 0 Å². The van der Waals surface area contributed by atoms with Crippen LogP contribution in [-0.2, 0) is 6.42 Å². The Bertz CT molecular complexity index is 436. The first-order valence-corrected chi connectivity index (χ1v) is 7.48. The fourth-order valence-corrected chi connectivity index (χ4v) is 2.49. The molecule has 0 saturated carbocycles. The molecule has 1 aliphatic rings. The number of nitrogens with one attached hydrogen (secondary N) is 1. The molecule has 4 heteroatoms. The summed E-state index contributed by atoms with van der Waals surface area (Å²) >= 11 is 0. The minimum atomic E-state index is 0.207. The number of benzene rings is 1. The van der Waals surface area contributed by atoms with Crippen LogP contribution in [0, 0.1) is 0 Å². The van der Waals surface area contributed by atoms with E-state index in [0.29, 0.717) is 12.6 Å². The molecule has 20 heavy (non-hydrogen) atoms. The van der Waals surface area contributed by atoms with Crippen LogP contribution in [0.25, 0.3) is 0 Å². The van der Waals surface area contributed by atoms with Crippen molar-refractivity contribution < 1.29 is 9.84 Å². The van der Waals surface area contributed by atoms with Gasteiger partial charge in [0, 0.05) is 12.6 Å². The highest BCUT2D eigenvalue weighted by atomic mass is 16.5. The maximum Gasteiger partial charge on any atom is 0.142 e. The lowest BCUT2D eigenvalue weighted by Gasteiger charge is -2.28. The van der Waals surface area contributed by atoms with Gasteiger partial charge in [0.2, 0.25) is 0 Å². The fourth-order valence-electron chi connectivity index (χ4n) is 2.49. The van der Waals surface area contributed by atoms with Gasteiger partial charge in [-0.05, 0) is 44.5 Å². The SMILES string of the molecule is CCC1CNc2cc(CC(C)N(C)CCO)ccc2O1. The largest absolute Gasteiger partial charge is 0.486 e. The van der Waals surface area contributed by atoms with Crippen molar-refractivity contribution >= 4 is 5.69 Å². The first kappa shape index (κ1) is 15.1. The van der Waals surface area contributed by atoms with E-state index in [1.54, 1.807) is 0 Å². The molecular weight excluding hydrogens is 252 g/mol. The van der Waals surface area contributed by atoms with E-state index in [-0.39, 0.29) is 12.7 Å². The zero-order chi connectivity index (χ0) is 14.5. The molecule has 1 aromatic rings. The van der Waals surface area contributed by atoms with Crippen molar-refractivity contribution in [3.63, 3.8) is 0 Å². The predicted molar refractivity (Wildman–Crippen MR) is 82.5 cm³/mol. The summed E-state index contributed by atoms with van der Waals surface area (Å²) in [6, 6.07) is 6.80. The van der Waals surface area contributed by atoms with Crippen LogP contribution in [0.15, 0.2) is 18.2 Å². The van der Waals surface area contributed by atoms with E-state index in [1.165, 1.54) is 5.56 Å². The van der Waals surface area contributed by atoms with Crippen LogP contribution in [0.2, 0.25) is 0 Å². The van der Waals surface area contributed by atoms with Crippen LogP contribution >= 0.6 is 0 Å². The molecule has 1 aromatic carbocycles. The number of likely N-dealkylation sites (N-methyl/N-ethyl adjacent to an activating group) is 1. The third-order valence-electron chi connectivity index (χ3n) is 4.05. The Morgan fingerprint density at radius 2 is 2.30 bits per heavy atom. The summed E-state index contributed by atoms with van der Waals surface area (Å²) in [5.74, 6) is 0.961. The molecule has 1 heterocycles. The summed E-state index contributed by atoms with van der Waals surface area (Å²) in [4.78, 5) is 2.18. The number of nitrogens with zero attached hydrogens (tertiary/aromatic N) is 1. The Morgan fingerprint density at radius 3 is 3.00 bits per heavy atom. The summed E-state index contributed by atoms with van der Waals surface area (Å²) in [5, 5.41) is 12.4. The van der Waals surface area contributed by atoms with Crippen molar-refractivity contribution in [1.82, 2.24) is 4.90 Å². The maximum absolute atomic E-state index is 8.99. The number of hydrogen-bond donors (Lipinski definition) is 2. The second-order valence-electron chi connectivity index (χ2n) is 5.62. The Morgan fingerprint density at radius 1 is 1.50 bits per heavy atom. The average molecular weight is 278 g/mol. The summed E-state index contributed by atoms with van der Waals surface area (Å²) in [5.41, 5.74) is 2.40. The molecular formula is C16H26N2O2. The molecule has 112 valence electrons. The molecule has 2 unspecified atom stereocenters. The van der Waals surface area contributed by atoms with Crippen LogP contribution in [0.1, 0.15) is 25.8 Å². The molecule has 0 aliphatic carbocycles. The molecule has 0 aromatic heterocycles. The molecule has 2 N–H and O–H groups in total. The third kappa shape index (κ3) is 3.64. The molecule has 2 atom stereocenters. The van der Waals surface area contributed by atoms with Crippen LogP contribution in [-0.4, -0.2) is 48.9 Å². The molecule has 2 rings (SSSR count). The monoisotopic (exact) mass is 278 g/mol. The van der Waals surface area contributed by atoms with E-state index in [0.717, 1.165) is 30.8 Å². The standard InChI is InChI=1S/C16H26N2O2/c1-4-14-11-17-15-10-13(5-6-16(15)20-14)9-12(2)18(3)7-8-19/h5-6,10,12,14,17,19H,4,7-9,11H2,1-3H3. The molecule has 0 spiro atoms. The van der Waals surface area contributed by atoms with Gasteiger partial charge in [-0.2, -0.15) is 0 Å². The highest BCUT2D eigenvalue weighted by Gasteiger charge is 2.18. The predicted octanol–water partition coefficient (Wildman–Crippen LogP) is 2.12. The van der Waals surface area contributed by atoms with Crippen molar-refractivity contribution in [3.8, 4) is 5.75 Å². The minimum absolute atomic E-state index is 0.207. The average Bonchev–Trinajstić information content (AvgIpc) is 2.46. The lowest BCUT2D eigenvalue weighted by atomic mass is 10.0. The fraction of sp³-hybridized carbons (Fsp3) is 0.625. The Hall–Kier alpha value is -1.26. The van der Waals surface area contributed by atoms with Crippen molar-refractivity contribution in [3.05, 3.63) is 23.8 Å². The van der Waals surface area contributed by atoms with Gasteiger partial charge in [-0.1, -0.05) is 13.0 Å². The van der Waals surface area contributed by atoms with E-state index in [1.807, 2.05) is 7.05 Å². The second-order valence-corrected chi connectivity index (χ2v) is 5.62. The van der Waals surface area contributed by atoms with E-state index in [2.05, 4.69) is 42.3 Å². The van der Waals surface area contributed by atoms with Crippen molar-refractivity contribution in [2.24, 2.45) is 0 Å². The lowest BCUT2D eigenvalue weighted by molar-refractivity contribution is 0.187. The van der Waals surface area contributed by atoms with Crippen molar-refractivity contribution in [2.75, 3.05) is 32.1 Å². The van der Waals surface area contributed by atoms with Gasteiger partial charge >= 0.3 is 0 Å².